The van der Waals surface area contributed by atoms with Crippen molar-refractivity contribution in [1.29, 1.82) is 0 Å². The third-order valence-electron chi connectivity index (χ3n) is 1.97. The molecule has 5 heteroatoms. The number of methoxy groups -OCH3 is 2. The molecule has 0 spiro atoms. The van der Waals surface area contributed by atoms with Gasteiger partial charge < -0.3 is 19.9 Å². The van der Waals surface area contributed by atoms with Gasteiger partial charge in [-0.3, -0.25) is 4.79 Å². The molecule has 0 heterocycles. The smallest absolute Gasteiger partial charge is 0.319 e. The molecule has 0 fully saturated rings. The monoisotopic (exact) mass is 255 g/mol. The van der Waals surface area contributed by atoms with Crippen molar-refractivity contribution in [3.63, 3.8) is 0 Å². The van der Waals surface area contributed by atoms with Gasteiger partial charge in [0.15, 0.2) is 0 Å². The maximum Gasteiger partial charge on any atom is 0.319 e. The first-order chi connectivity index (χ1) is 8.63. The lowest BCUT2D eigenvalue weighted by atomic mass is 10.2. The molecule has 102 valence electrons. The van der Waals surface area contributed by atoms with Crippen molar-refractivity contribution in [2.75, 3.05) is 34.0 Å². The molecule has 5 nitrogen and oxygen atoms in total. The molecule has 2 N–H and O–H groups in total. The Morgan fingerprint density at radius 2 is 1.78 bits per heavy atom. The van der Waals surface area contributed by atoms with E-state index in [0.717, 1.165) is 5.75 Å². The highest BCUT2D eigenvalue weighted by Gasteiger charge is 1.91. The Hall–Kier alpha value is -1.59. The Bertz CT molecular complexity index is 318. The molecule has 0 saturated heterocycles. The molecule has 0 aliphatic rings. The first-order valence-corrected chi connectivity index (χ1v) is 5.59. The van der Waals surface area contributed by atoms with Crippen LogP contribution in [0.4, 0.5) is 0 Å². The number of esters is 1. The molecule has 1 aromatic carbocycles. The second-order valence-electron chi connectivity index (χ2n) is 3.43. The highest BCUT2D eigenvalue weighted by atomic mass is 16.5. The van der Waals surface area contributed by atoms with Crippen LogP contribution in [0.2, 0.25) is 0 Å². The van der Waals surface area contributed by atoms with Crippen molar-refractivity contribution in [1.82, 2.24) is 0 Å². The summed E-state index contributed by atoms with van der Waals surface area (Å²) in [5.74, 6) is 0.521. The number of rotatable bonds is 5. The molecule has 0 aromatic heterocycles. The average Bonchev–Trinajstić information content (AvgIpc) is 2.41. The topological polar surface area (TPSA) is 70.8 Å². The SMILES string of the molecule is COC(=O)CN.COCCOc1ccc(C)cc1. The van der Waals surface area contributed by atoms with E-state index in [1.165, 1.54) is 12.7 Å². The van der Waals surface area contributed by atoms with Crippen LogP contribution in [-0.4, -0.2) is 39.9 Å². The van der Waals surface area contributed by atoms with Crippen LogP contribution < -0.4 is 10.5 Å². The van der Waals surface area contributed by atoms with Crippen molar-refractivity contribution in [2.45, 2.75) is 6.92 Å². The fraction of sp³-hybridized carbons (Fsp3) is 0.462. The van der Waals surface area contributed by atoms with Crippen molar-refractivity contribution in [2.24, 2.45) is 5.73 Å². The largest absolute Gasteiger partial charge is 0.491 e. The van der Waals surface area contributed by atoms with Gasteiger partial charge in [-0.05, 0) is 19.1 Å². The van der Waals surface area contributed by atoms with Crippen LogP contribution in [0.3, 0.4) is 0 Å². The second-order valence-corrected chi connectivity index (χ2v) is 3.43. The van der Waals surface area contributed by atoms with E-state index in [1.54, 1.807) is 7.11 Å². The molecule has 0 radical (unpaired) electrons. The third-order valence-corrected chi connectivity index (χ3v) is 1.97. The van der Waals surface area contributed by atoms with Gasteiger partial charge in [-0.2, -0.15) is 0 Å². The number of hydrogen-bond donors (Lipinski definition) is 1. The molecular weight excluding hydrogens is 234 g/mol. The van der Waals surface area contributed by atoms with Gasteiger partial charge in [-0.15, -0.1) is 0 Å². The minimum atomic E-state index is -0.380. The van der Waals surface area contributed by atoms with E-state index in [4.69, 9.17) is 15.2 Å². The third kappa shape index (κ3) is 8.55. The van der Waals surface area contributed by atoms with Gasteiger partial charge in [-0.1, -0.05) is 17.7 Å². The molecule has 0 unspecified atom stereocenters. The number of aryl methyl sites for hydroxylation is 1. The van der Waals surface area contributed by atoms with Gasteiger partial charge in [0.1, 0.15) is 12.4 Å². The van der Waals surface area contributed by atoms with E-state index in [0.29, 0.717) is 13.2 Å². The van der Waals surface area contributed by atoms with E-state index in [2.05, 4.69) is 11.7 Å². The fourth-order valence-corrected chi connectivity index (χ4v) is 0.961. The van der Waals surface area contributed by atoms with E-state index in [9.17, 15) is 4.79 Å². The summed E-state index contributed by atoms with van der Waals surface area (Å²) in [5, 5.41) is 0. The van der Waals surface area contributed by atoms with Gasteiger partial charge in [0, 0.05) is 7.11 Å². The van der Waals surface area contributed by atoms with Gasteiger partial charge >= 0.3 is 5.97 Å². The fourth-order valence-electron chi connectivity index (χ4n) is 0.961. The number of ether oxygens (including phenoxy) is 3. The first kappa shape index (κ1) is 16.4. The lowest BCUT2D eigenvalue weighted by Gasteiger charge is -2.04. The van der Waals surface area contributed by atoms with E-state index in [1.807, 2.05) is 24.3 Å². The zero-order valence-corrected chi connectivity index (χ0v) is 11.1. The minimum absolute atomic E-state index is 0.0312. The lowest BCUT2D eigenvalue weighted by molar-refractivity contribution is -0.138. The molecular formula is C13H21NO4. The summed E-state index contributed by atoms with van der Waals surface area (Å²) < 4.78 is 14.4. The lowest BCUT2D eigenvalue weighted by Crippen LogP contribution is -2.14. The van der Waals surface area contributed by atoms with Gasteiger partial charge in [0.05, 0.1) is 20.3 Å². The van der Waals surface area contributed by atoms with Crippen LogP contribution in [0.5, 0.6) is 5.75 Å². The number of carbonyl (C=O) groups excluding carboxylic acids is 1. The normalized spacial score (nSPS) is 9.11. The second kappa shape index (κ2) is 10.6. The molecule has 0 atom stereocenters. The molecule has 0 amide bonds. The van der Waals surface area contributed by atoms with Crippen molar-refractivity contribution in [3.05, 3.63) is 29.8 Å². The highest BCUT2D eigenvalue weighted by molar-refractivity contribution is 5.70. The predicted molar refractivity (Wildman–Crippen MR) is 69.6 cm³/mol. The Balaban J connectivity index is 0.000000411. The quantitative estimate of drug-likeness (QED) is 0.631. The first-order valence-electron chi connectivity index (χ1n) is 5.59. The van der Waals surface area contributed by atoms with Crippen LogP contribution in [0.15, 0.2) is 24.3 Å². The van der Waals surface area contributed by atoms with Crippen LogP contribution in [0.1, 0.15) is 5.56 Å². The summed E-state index contributed by atoms with van der Waals surface area (Å²) in [6.45, 7) is 3.27. The standard InChI is InChI=1S/C10H14O2.C3H7NO2/c1-9-3-5-10(6-4-9)12-8-7-11-2;1-6-3(5)2-4/h3-6H,7-8H2,1-2H3;2,4H2,1H3. The van der Waals surface area contributed by atoms with Crippen molar-refractivity contribution >= 4 is 5.97 Å². The molecule has 1 aromatic rings. The van der Waals surface area contributed by atoms with Crippen LogP contribution in [0.25, 0.3) is 0 Å². The number of benzene rings is 1. The van der Waals surface area contributed by atoms with Crippen LogP contribution in [0, 0.1) is 6.92 Å². The minimum Gasteiger partial charge on any atom is -0.491 e. The summed E-state index contributed by atoms with van der Waals surface area (Å²) in [6, 6.07) is 7.99. The molecule has 0 saturated carbocycles. The van der Waals surface area contributed by atoms with Crippen molar-refractivity contribution in [3.8, 4) is 5.75 Å². The highest BCUT2D eigenvalue weighted by Crippen LogP contribution is 2.10. The Kier molecular flexibility index (Phi) is 9.62. The molecule has 0 aliphatic carbocycles. The van der Waals surface area contributed by atoms with Gasteiger partial charge in [-0.25, -0.2) is 0 Å². The summed E-state index contributed by atoms with van der Waals surface area (Å²) in [4.78, 5) is 9.83. The Labute approximate surface area is 108 Å². The number of nitrogens with two attached hydrogens (primary N) is 1. The maximum absolute atomic E-state index is 9.83. The van der Waals surface area contributed by atoms with Gasteiger partial charge in [0.2, 0.25) is 0 Å². The average molecular weight is 255 g/mol. The van der Waals surface area contributed by atoms with Crippen LogP contribution in [-0.2, 0) is 14.3 Å². The summed E-state index contributed by atoms with van der Waals surface area (Å²) in [7, 11) is 2.97. The summed E-state index contributed by atoms with van der Waals surface area (Å²) >= 11 is 0. The summed E-state index contributed by atoms with van der Waals surface area (Å²) in [5.41, 5.74) is 6.05. The molecule has 0 aliphatic heterocycles. The predicted octanol–water partition coefficient (Wildman–Crippen LogP) is 1.14. The zero-order chi connectivity index (χ0) is 13.8. The molecule has 18 heavy (non-hydrogen) atoms. The maximum atomic E-state index is 9.83. The van der Waals surface area contributed by atoms with Gasteiger partial charge in [0.25, 0.3) is 0 Å². The van der Waals surface area contributed by atoms with E-state index >= 15 is 0 Å². The Morgan fingerprint density at radius 1 is 1.17 bits per heavy atom. The zero-order valence-electron chi connectivity index (χ0n) is 11.1. The summed E-state index contributed by atoms with van der Waals surface area (Å²) in [6.07, 6.45) is 0. The van der Waals surface area contributed by atoms with E-state index < -0.39 is 0 Å². The molecule has 1 rings (SSSR count). The number of carbonyl (C=O) groups is 1. The Morgan fingerprint density at radius 3 is 2.17 bits per heavy atom. The molecule has 0 bridgehead atoms. The number of hydrogen-bond acceptors (Lipinski definition) is 5. The van der Waals surface area contributed by atoms with Crippen molar-refractivity contribution < 1.29 is 19.0 Å². The van der Waals surface area contributed by atoms with E-state index in [-0.39, 0.29) is 12.5 Å². The van der Waals surface area contributed by atoms with Crippen LogP contribution >= 0.6 is 0 Å².